The lowest BCUT2D eigenvalue weighted by Crippen LogP contribution is -2.50. The van der Waals surface area contributed by atoms with Gasteiger partial charge in [-0.1, -0.05) is 22.7 Å². The summed E-state index contributed by atoms with van der Waals surface area (Å²) in [4.78, 5) is 33.6. The summed E-state index contributed by atoms with van der Waals surface area (Å²) < 4.78 is 15.9. The van der Waals surface area contributed by atoms with Gasteiger partial charge in [0.2, 0.25) is 0 Å². The van der Waals surface area contributed by atoms with Gasteiger partial charge in [-0.15, -0.1) is 0 Å². The van der Waals surface area contributed by atoms with E-state index in [4.69, 9.17) is 0 Å². The summed E-state index contributed by atoms with van der Waals surface area (Å²) in [5.41, 5.74) is -0.485. The van der Waals surface area contributed by atoms with Crippen molar-refractivity contribution in [1.29, 1.82) is 0 Å². The van der Waals surface area contributed by atoms with E-state index in [9.17, 15) is 14.1 Å². The van der Waals surface area contributed by atoms with Gasteiger partial charge in [0, 0.05) is 11.8 Å². The van der Waals surface area contributed by atoms with E-state index in [0.29, 0.717) is 22.2 Å². The molecule has 0 saturated carbocycles. The maximum Gasteiger partial charge on any atom is 0.277 e. The molecule has 3 aromatic rings. The summed E-state index contributed by atoms with van der Waals surface area (Å²) >= 11 is 0. The summed E-state index contributed by atoms with van der Waals surface area (Å²) in [7, 11) is 0. The van der Waals surface area contributed by atoms with Crippen molar-refractivity contribution in [1.82, 2.24) is 19.9 Å². The third-order valence-corrected chi connectivity index (χ3v) is 4.84. The second kappa shape index (κ2) is 5.37. The molecule has 4 heterocycles. The molecule has 27 heavy (non-hydrogen) atoms. The molecule has 1 amide bonds. The van der Waals surface area contributed by atoms with Gasteiger partial charge in [-0.2, -0.15) is 0 Å². The lowest BCUT2D eigenvalue weighted by atomic mass is 10.0. The first-order chi connectivity index (χ1) is 13.1. The Balaban J connectivity index is 1.70. The van der Waals surface area contributed by atoms with Gasteiger partial charge >= 0.3 is 0 Å². The lowest BCUT2D eigenvalue weighted by Gasteiger charge is -2.27. The van der Waals surface area contributed by atoms with Crippen LogP contribution in [0, 0.1) is 0 Å². The number of halogens is 1. The number of nitrogens with one attached hydrogen (secondary N) is 2. The minimum atomic E-state index is -1.29. The highest BCUT2D eigenvalue weighted by Gasteiger charge is 2.52. The van der Waals surface area contributed by atoms with Crippen LogP contribution in [-0.4, -0.2) is 27.0 Å². The van der Waals surface area contributed by atoms with Crippen LogP contribution in [0.1, 0.15) is 16.1 Å². The fourth-order valence-corrected chi connectivity index (χ4v) is 3.70. The second-order valence-corrected chi connectivity index (χ2v) is 6.34. The first-order valence-electron chi connectivity index (χ1n) is 8.25. The number of hydrogen-bond donors (Lipinski definition) is 2. The van der Waals surface area contributed by atoms with Gasteiger partial charge in [0.05, 0.1) is 12.2 Å². The minimum Gasteiger partial charge on any atom is -0.336 e. The fourth-order valence-electron chi connectivity index (χ4n) is 3.70. The van der Waals surface area contributed by atoms with Crippen LogP contribution in [0.2, 0.25) is 0 Å². The van der Waals surface area contributed by atoms with E-state index in [1.165, 1.54) is 17.0 Å². The van der Waals surface area contributed by atoms with Crippen molar-refractivity contribution in [2.75, 3.05) is 17.0 Å². The number of pyridine rings is 1. The van der Waals surface area contributed by atoms with Crippen LogP contribution < -0.4 is 21.3 Å². The van der Waals surface area contributed by atoms with Crippen LogP contribution in [0.3, 0.4) is 0 Å². The van der Waals surface area contributed by atoms with E-state index >= 15 is 0 Å². The number of anilines is 3. The van der Waals surface area contributed by atoms with Crippen molar-refractivity contribution in [3.8, 4) is 0 Å². The molecule has 1 spiro atoms. The van der Waals surface area contributed by atoms with Crippen LogP contribution in [0.4, 0.5) is 21.7 Å². The topological polar surface area (TPSA) is 92.2 Å². The number of aromatic nitrogens is 3. The van der Waals surface area contributed by atoms with Crippen molar-refractivity contribution >= 4 is 23.1 Å². The Morgan fingerprint density at radius 2 is 2.00 bits per heavy atom. The van der Waals surface area contributed by atoms with Gasteiger partial charge in [0.25, 0.3) is 11.5 Å². The molecule has 0 aliphatic carbocycles. The van der Waals surface area contributed by atoms with Gasteiger partial charge in [-0.25, -0.2) is 15.1 Å². The van der Waals surface area contributed by atoms with Crippen molar-refractivity contribution in [3.05, 3.63) is 76.6 Å². The molecule has 1 aromatic carbocycles. The molecule has 9 heteroatoms. The van der Waals surface area contributed by atoms with E-state index in [-0.39, 0.29) is 17.9 Å². The van der Waals surface area contributed by atoms with Crippen LogP contribution in [0.15, 0.2) is 59.8 Å². The number of carbonyl (C=O) groups is 1. The van der Waals surface area contributed by atoms with Gasteiger partial charge < -0.3 is 10.6 Å². The summed E-state index contributed by atoms with van der Waals surface area (Å²) in [6.07, 6.45) is 2.90. The third-order valence-electron chi connectivity index (χ3n) is 4.84. The number of benzene rings is 1. The zero-order valence-corrected chi connectivity index (χ0v) is 13.9. The van der Waals surface area contributed by atoms with Crippen LogP contribution >= 0.6 is 0 Å². The molecule has 0 fully saturated rings. The van der Waals surface area contributed by atoms with Crippen molar-refractivity contribution in [3.63, 3.8) is 0 Å². The summed E-state index contributed by atoms with van der Waals surface area (Å²) in [6.45, 7) is -0.193. The molecule has 134 valence electrons. The van der Waals surface area contributed by atoms with Crippen LogP contribution in [-0.2, 0) is 5.66 Å². The minimum absolute atomic E-state index is 0.179. The van der Waals surface area contributed by atoms with E-state index in [2.05, 4.69) is 20.6 Å². The molecular formula is C18H13FN6O2. The second-order valence-electron chi connectivity index (χ2n) is 6.34. The molecule has 1 atom stereocenters. The standard InChI is InChI=1S/C18H13FN6O2/c19-24-9-18(11-3-1-2-4-13(11)24)23-16(26)14-6-5-12(17(27)25(14)18)22-15-7-8-20-10-21-15/h1-8,10H,9H2,(H,23,26)(H,20,21,22). The van der Waals surface area contributed by atoms with Gasteiger partial charge in [-0.3, -0.25) is 14.2 Å². The van der Waals surface area contributed by atoms with E-state index in [1.807, 2.05) is 0 Å². The smallest absolute Gasteiger partial charge is 0.277 e. The van der Waals surface area contributed by atoms with Crippen molar-refractivity contribution in [2.24, 2.45) is 0 Å². The van der Waals surface area contributed by atoms with Gasteiger partial charge in [0.15, 0.2) is 5.66 Å². The number of fused-ring (bicyclic) bond motifs is 4. The normalized spacial score (nSPS) is 19.7. The summed E-state index contributed by atoms with van der Waals surface area (Å²) in [5, 5.41) is 6.27. The third kappa shape index (κ3) is 2.08. The van der Waals surface area contributed by atoms with E-state index in [0.717, 1.165) is 0 Å². The molecule has 2 aliphatic heterocycles. The lowest BCUT2D eigenvalue weighted by molar-refractivity contribution is 0.0938. The molecule has 8 nitrogen and oxygen atoms in total. The average molecular weight is 364 g/mol. The zero-order valence-electron chi connectivity index (χ0n) is 13.9. The van der Waals surface area contributed by atoms with Gasteiger partial charge in [0.1, 0.15) is 23.5 Å². The Labute approximate surface area is 152 Å². The summed E-state index contributed by atoms with van der Waals surface area (Å²) in [5.74, 6) is 0.0127. The Morgan fingerprint density at radius 3 is 2.81 bits per heavy atom. The monoisotopic (exact) mass is 364 g/mol. The molecule has 2 aromatic heterocycles. The fraction of sp³-hybridized carbons (Fsp3) is 0.111. The molecular weight excluding hydrogens is 351 g/mol. The van der Waals surface area contributed by atoms with E-state index in [1.54, 1.807) is 42.6 Å². The van der Waals surface area contributed by atoms with E-state index < -0.39 is 17.1 Å². The van der Waals surface area contributed by atoms with Gasteiger partial charge in [-0.05, 0) is 24.3 Å². The van der Waals surface area contributed by atoms with Crippen molar-refractivity contribution < 1.29 is 9.28 Å². The number of carbonyl (C=O) groups excluding carboxylic acids is 1. The van der Waals surface area contributed by atoms with Crippen molar-refractivity contribution in [2.45, 2.75) is 5.66 Å². The molecule has 5 rings (SSSR count). The number of nitrogens with zero attached hydrogens (tertiary/aromatic N) is 4. The quantitative estimate of drug-likeness (QED) is 0.670. The Hall–Kier alpha value is -3.75. The molecule has 0 bridgehead atoms. The zero-order chi connectivity index (χ0) is 18.6. The predicted octanol–water partition coefficient (Wildman–Crippen LogP) is 1.53. The maximum atomic E-state index is 14.5. The number of hydrogen-bond acceptors (Lipinski definition) is 6. The molecule has 1 unspecified atom stereocenters. The predicted molar refractivity (Wildman–Crippen MR) is 95.5 cm³/mol. The molecule has 0 radical (unpaired) electrons. The molecule has 2 aliphatic rings. The van der Waals surface area contributed by atoms with Crippen LogP contribution in [0.5, 0.6) is 0 Å². The SMILES string of the molecule is O=C1NC2(CN(F)c3ccccc32)n2c1ccc(Nc1ccncn1)c2=O. The highest BCUT2D eigenvalue weighted by Crippen LogP contribution is 2.42. The van der Waals surface area contributed by atoms with Crippen LogP contribution in [0.25, 0.3) is 0 Å². The average Bonchev–Trinajstić information content (AvgIpc) is 3.13. The first-order valence-corrected chi connectivity index (χ1v) is 8.25. The largest absolute Gasteiger partial charge is 0.336 e. The Morgan fingerprint density at radius 1 is 1.15 bits per heavy atom. The molecule has 0 saturated heterocycles. The number of para-hydroxylation sites is 1. The molecule has 2 N–H and O–H groups in total. The Bertz CT molecular complexity index is 1130. The maximum absolute atomic E-state index is 14.5. The summed E-state index contributed by atoms with van der Waals surface area (Å²) in [6, 6.07) is 11.4. The number of amides is 1. The first kappa shape index (κ1) is 15.5. The highest BCUT2D eigenvalue weighted by molar-refractivity contribution is 5.96. The Kier molecular flexibility index (Phi) is 3.08. The highest BCUT2D eigenvalue weighted by atomic mass is 19.2. The number of rotatable bonds is 2.